The summed E-state index contributed by atoms with van der Waals surface area (Å²) in [7, 11) is 3.08. The van der Waals surface area contributed by atoms with Gasteiger partial charge in [-0.25, -0.2) is 9.59 Å². The summed E-state index contributed by atoms with van der Waals surface area (Å²) in [6, 6.07) is 5.80. The van der Waals surface area contributed by atoms with E-state index in [0.29, 0.717) is 17.7 Å². The predicted molar refractivity (Wildman–Crippen MR) is 168 cm³/mol. The minimum absolute atomic E-state index is 0. The first kappa shape index (κ1) is 38.8. The van der Waals surface area contributed by atoms with Gasteiger partial charge in [-0.1, -0.05) is 43.3 Å². The van der Waals surface area contributed by atoms with Crippen LogP contribution < -0.4 is 10.2 Å². The van der Waals surface area contributed by atoms with Crippen LogP contribution in [-0.4, -0.2) is 88.8 Å². The van der Waals surface area contributed by atoms with E-state index < -0.39 is 65.5 Å². The Morgan fingerprint density at radius 2 is 1.96 bits per heavy atom. The van der Waals surface area contributed by atoms with Crippen molar-refractivity contribution in [1.82, 2.24) is 10.2 Å². The van der Waals surface area contributed by atoms with Gasteiger partial charge in [0, 0.05) is 78.6 Å². The van der Waals surface area contributed by atoms with Crippen LogP contribution in [0.25, 0.3) is 0 Å². The summed E-state index contributed by atoms with van der Waals surface area (Å²) < 4.78 is 17.7. The van der Waals surface area contributed by atoms with E-state index in [1.165, 1.54) is 30.7 Å². The fourth-order valence-electron chi connectivity index (χ4n) is 6.09. The van der Waals surface area contributed by atoms with E-state index in [-0.39, 0.29) is 58.1 Å². The van der Waals surface area contributed by atoms with Crippen LogP contribution in [0.4, 0.5) is 10.5 Å². The van der Waals surface area contributed by atoms with Gasteiger partial charge in [-0.3, -0.25) is 14.9 Å². The van der Waals surface area contributed by atoms with E-state index in [2.05, 4.69) is 11.4 Å². The Kier molecular flexibility index (Phi) is 12.6. The summed E-state index contributed by atoms with van der Waals surface area (Å²) in [6.07, 6.45) is 2.69. The van der Waals surface area contributed by atoms with E-state index in [0.717, 1.165) is 11.1 Å². The number of benzene rings is 1. The number of carbonyl (C=O) groups is 4. The van der Waals surface area contributed by atoms with Crippen molar-refractivity contribution in [1.29, 1.82) is 0 Å². The second-order valence-electron chi connectivity index (χ2n) is 13.1. The first-order valence-corrected chi connectivity index (χ1v) is 15.6. The summed E-state index contributed by atoms with van der Waals surface area (Å²) in [5.41, 5.74) is 0.0322. The van der Waals surface area contributed by atoms with Gasteiger partial charge in [-0.05, 0) is 27.2 Å². The zero-order valence-corrected chi connectivity index (χ0v) is 31.2. The van der Waals surface area contributed by atoms with Crippen molar-refractivity contribution in [2.75, 3.05) is 19.0 Å². The molecule has 47 heavy (non-hydrogen) atoms. The molecule has 1 radical (unpaired) electrons. The third kappa shape index (κ3) is 8.70. The van der Waals surface area contributed by atoms with Crippen molar-refractivity contribution in [3.8, 4) is 0 Å². The number of carbonyl (C=O) groups excluding carboxylic acids is 4. The van der Waals surface area contributed by atoms with Crippen molar-refractivity contribution in [2.24, 2.45) is 11.8 Å². The number of allylic oxidation sites excluding steroid dienone is 3. The summed E-state index contributed by atoms with van der Waals surface area (Å²) in [4.78, 5) is 54.4. The molecule has 3 amide bonds. The molecule has 3 N–H and O–H groups in total. The summed E-state index contributed by atoms with van der Waals surface area (Å²) in [5.74, 6) is -2.36. The van der Waals surface area contributed by atoms with Gasteiger partial charge in [0.05, 0.1) is 12.5 Å². The first-order valence-electron chi connectivity index (χ1n) is 15.6. The molecular weight excluding hydrogens is 683 g/mol. The van der Waals surface area contributed by atoms with Gasteiger partial charge in [0.25, 0.3) is 0 Å². The number of nitrogens with zero attached hydrogens (tertiary/aromatic N) is 2. The van der Waals surface area contributed by atoms with E-state index in [1.54, 1.807) is 20.9 Å². The van der Waals surface area contributed by atoms with Gasteiger partial charge in [0.15, 0.2) is 0 Å². The number of fused-ring (bicyclic) bond motifs is 5. The maximum atomic E-state index is 13.8. The van der Waals surface area contributed by atoms with E-state index in [9.17, 15) is 29.4 Å². The monoisotopic (exact) mass is 729 g/mol. The molecule has 13 heteroatoms. The molecular formula is C34H46N3O9Y-. The Morgan fingerprint density at radius 1 is 1.28 bits per heavy atom. The number of aliphatic hydroxyl groups is 2. The molecule has 12 nitrogen and oxygen atoms in total. The van der Waals surface area contributed by atoms with Crippen molar-refractivity contribution >= 4 is 29.6 Å². The number of rotatable bonds is 4. The summed E-state index contributed by atoms with van der Waals surface area (Å²) >= 11 is 0. The third-order valence-corrected chi connectivity index (χ3v) is 9.61. The van der Waals surface area contributed by atoms with Crippen LogP contribution >= 0.6 is 0 Å². The van der Waals surface area contributed by atoms with Crippen LogP contribution in [0.15, 0.2) is 35.9 Å². The number of alkyl carbamates (subject to hydrolysis) is 1. The van der Waals surface area contributed by atoms with Crippen LogP contribution in [0.2, 0.25) is 0 Å². The molecule has 4 rings (SSSR count). The molecule has 0 saturated carbocycles. The fraction of sp³-hybridized carbons (Fsp3) is 0.588. The topological polar surface area (TPSA) is 158 Å². The van der Waals surface area contributed by atoms with Crippen LogP contribution in [0.5, 0.6) is 0 Å². The van der Waals surface area contributed by atoms with E-state index in [4.69, 9.17) is 14.2 Å². The zero-order chi connectivity index (χ0) is 34.1. The van der Waals surface area contributed by atoms with Crippen molar-refractivity contribution in [3.63, 3.8) is 0 Å². The predicted octanol–water partition coefficient (Wildman–Crippen LogP) is 2.78. The number of aliphatic hydroxyl groups excluding tert-OH is 1. The Morgan fingerprint density at radius 3 is 2.60 bits per heavy atom. The Hall–Kier alpha value is -2.64. The number of anilines is 1. The normalized spacial score (nSPS) is 33.4. The van der Waals surface area contributed by atoms with Crippen LogP contribution in [0, 0.1) is 17.9 Å². The smallest absolute Gasteiger partial charge is 0.409 e. The number of nitrogens with one attached hydrogen (secondary N) is 1. The van der Waals surface area contributed by atoms with E-state index in [1.807, 2.05) is 44.2 Å². The number of esters is 1. The van der Waals surface area contributed by atoms with Crippen LogP contribution in [0.3, 0.4) is 0 Å². The minimum Gasteiger partial charge on any atom is -0.457 e. The number of hydrogen-bond acceptors (Lipinski definition) is 9. The summed E-state index contributed by atoms with van der Waals surface area (Å²) in [5, 5.41) is 24.1. The van der Waals surface area contributed by atoms with Gasteiger partial charge in [0.2, 0.25) is 11.8 Å². The van der Waals surface area contributed by atoms with Crippen molar-refractivity contribution in [2.45, 2.75) is 103 Å². The quantitative estimate of drug-likeness (QED) is 0.241. The number of epoxide rings is 1. The SMILES string of the molecule is CC(=O)N(C)C(C)C(=O)OC1CC(=O)N(C)c2[c-]c(CO)cc(c2)C/C(C)=C/C=C/C(C)C2(O)CC(OC(=O)N2)C(C)C2OC12C.[Y]. The molecule has 1 aromatic rings. The molecule has 1 aromatic carbocycles. The second-order valence-corrected chi connectivity index (χ2v) is 13.1. The molecule has 3 aliphatic rings. The largest absolute Gasteiger partial charge is 0.457 e. The Balaban J connectivity index is 0.00000600. The number of likely N-dealkylation sites (N-methyl/N-ethyl adjacent to an activating group) is 1. The minimum atomic E-state index is -1.60. The number of hydrogen-bond donors (Lipinski definition) is 3. The average molecular weight is 730 g/mol. The molecule has 8 atom stereocenters. The van der Waals surface area contributed by atoms with Crippen LogP contribution in [0.1, 0.15) is 65.5 Å². The Bertz CT molecular complexity index is 1430. The summed E-state index contributed by atoms with van der Waals surface area (Å²) in [6.45, 7) is 9.90. The number of ether oxygens (including phenoxy) is 3. The third-order valence-electron chi connectivity index (χ3n) is 9.61. The van der Waals surface area contributed by atoms with Crippen molar-refractivity contribution in [3.05, 3.63) is 53.1 Å². The van der Waals surface area contributed by atoms with Gasteiger partial charge in [-0.2, -0.15) is 17.7 Å². The number of amides is 3. The van der Waals surface area contributed by atoms with Gasteiger partial charge in [-0.15, -0.1) is 11.6 Å². The zero-order valence-electron chi connectivity index (χ0n) is 28.4. The van der Waals surface area contributed by atoms with Gasteiger partial charge in [0.1, 0.15) is 29.6 Å². The van der Waals surface area contributed by atoms with Crippen molar-refractivity contribution < 1.29 is 76.3 Å². The maximum absolute atomic E-state index is 13.8. The molecule has 4 bridgehead atoms. The molecule has 2 saturated heterocycles. The molecule has 0 aliphatic carbocycles. The molecule has 0 spiro atoms. The van der Waals surface area contributed by atoms with Crippen LogP contribution in [-0.2, 0) is 74.3 Å². The van der Waals surface area contributed by atoms with E-state index >= 15 is 0 Å². The molecule has 2 fully saturated rings. The second kappa shape index (κ2) is 15.3. The molecule has 255 valence electrons. The average Bonchev–Trinajstić information content (AvgIpc) is 3.69. The molecule has 3 heterocycles. The van der Waals surface area contributed by atoms with Gasteiger partial charge >= 0.3 is 12.1 Å². The first-order chi connectivity index (χ1) is 21.5. The Labute approximate surface area is 301 Å². The molecule has 8 unspecified atom stereocenters. The standard InChI is InChI=1S/C34H46N3O9.Y/c1-19-10-9-11-20(2)34(43)17-27(44-32(42)35-34)21(3)30-33(6,46-30)28(45-31(41)22(4)36(7)23(5)39)16-29(40)37(8)26-14-24(12-19)13-25(15-26)18-38;/h9-11,13-14,20-22,27-28,30,38,43H,12,16-18H2,1-8H3,(H,35,42);/q-1;/b11-9+,19-10+;. The molecule has 0 aromatic heterocycles. The maximum Gasteiger partial charge on any atom is 0.409 e. The fourth-order valence-corrected chi connectivity index (χ4v) is 6.09. The van der Waals surface area contributed by atoms with Gasteiger partial charge < -0.3 is 34.2 Å². The molecule has 3 aliphatic heterocycles.